The van der Waals surface area contributed by atoms with E-state index in [1.165, 1.54) is 31.4 Å². The summed E-state index contributed by atoms with van der Waals surface area (Å²) < 4.78 is 18.9. The lowest BCUT2D eigenvalue weighted by atomic mass is 9.99. The van der Waals surface area contributed by atoms with Gasteiger partial charge in [-0.1, -0.05) is 0 Å². The zero-order chi connectivity index (χ0) is 15.0. The fourth-order valence-corrected chi connectivity index (χ4v) is 2.37. The van der Waals surface area contributed by atoms with Gasteiger partial charge >= 0.3 is 5.97 Å². The Bertz CT molecular complexity index is 839. The molecular formula is C16H12FNO3. The summed E-state index contributed by atoms with van der Waals surface area (Å²) in [7, 11) is 1.46. The molecule has 3 aromatic rings. The minimum absolute atomic E-state index is 0.0947. The van der Waals surface area contributed by atoms with Gasteiger partial charge in [-0.2, -0.15) is 0 Å². The number of hydrogen-bond donors (Lipinski definition) is 2. The third kappa shape index (κ3) is 2.33. The second-order valence-corrected chi connectivity index (χ2v) is 4.65. The Hall–Kier alpha value is -2.82. The Morgan fingerprint density at radius 3 is 2.76 bits per heavy atom. The van der Waals surface area contributed by atoms with Crippen LogP contribution in [0.25, 0.3) is 22.0 Å². The van der Waals surface area contributed by atoms with Crippen molar-refractivity contribution in [3.63, 3.8) is 0 Å². The van der Waals surface area contributed by atoms with Crippen LogP contribution < -0.4 is 4.74 Å². The number of methoxy groups -OCH3 is 1. The van der Waals surface area contributed by atoms with E-state index in [4.69, 9.17) is 9.84 Å². The number of rotatable bonds is 3. The van der Waals surface area contributed by atoms with Gasteiger partial charge in [-0.3, -0.25) is 0 Å². The number of aromatic nitrogens is 1. The number of benzene rings is 2. The van der Waals surface area contributed by atoms with Gasteiger partial charge in [-0.05, 0) is 47.5 Å². The van der Waals surface area contributed by atoms with E-state index in [2.05, 4.69) is 4.98 Å². The van der Waals surface area contributed by atoms with Gasteiger partial charge in [0.2, 0.25) is 0 Å². The number of aromatic carboxylic acids is 1. The highest BCUT2D eigenvalue weighted by molar-refractivity contribution is 5.97. The first-order valence-electron chi connectivity index (χ1n) is 6.28. The summed E-state index contributed by atoms with van der Waals surface area (Å²) in [4.78, 5) is 14.1. The summed E-state index contributed by atoms with van der Waals surface area (Å²) in [5.41, 5.74) is 1.96. The summed E-state index contributed by atoms with van der Waals surface area (Å²) >= 11 is 0. The highest BCUT2D eigenvalue weighted by atomic mass is 19.1. The van der Waals surface area contributed by atoms with Gasteiger partial charge in [-0.15, -0.1) is 0 Å². The van der Waals surface area contributed by atoms with Gasteiger partial charge < -0.3 is 14.8 Å². The van der Waals surface area contributed by atoms with Crippen molar-refractivity contribution in [2.45, 2.75) is 0 Å². The van der Waals surface area contributed by atoms with Gasteiger partial charge in [0.15, 0.2) is 0 Å². The molecule has 0 saturated heterocycles. The third-order valence-electron chi connectivity index (χ3n) is 3.33. The Morgan fingerprint density at radius 2 is 2.05 bits per heavy atom. The number of aromatic amines is 1. The number of nitrogens with one attached hydrogen (secondary N) is 1. The molecule has 106 valence electrons. The number of carboxylic acid groups (broad SMARTS) is 1. The quantitative estimate of drug-likeness (QED) is 0.771. The lowest BCUT2D eigenvalue weighted by molar-refractivity contribution is 0.0696. The van der Waals surface area contributed by atoms with Crippen LogP contribution in [0.15, 0.2) is 42.6 Å². The van der Waals surface area contributed by atoms with Crippen LogP contribution in [0.4, 0.5) is 4.39 Å². The van der Waals surface area contributed by atoms with E-state index in [0.29, 0.717) is 22.4 Å². The molecule has 0 radical (unpaired) electrons. The van der Waals surface area contributed by atoms with E-state index in [1.54, 1.807) is 12.3 Å². The Balaban J connectivity index is 2.29. The number of carbonyl (C=O) groups is 1. The maximum atomic E-state index is 13.7. The third-order valence-corrected chi connectivity index (χ3v) is 3.33. The molecule has 0 amide bonds. The number of fused-ring (bicyclic) bond motifs is 1. The summed E-state index contributed by atoms with van der Waals surface area (Å²) in [5, 5.41) is 9.99. The van der Waals surface area contributed by atoms with Gasteiger partial charge in [0.1, 0.15) is 11.6 Å². The second-order valence-electron chi connectivity index (χ2n) is 4.65. The summed E-state index contributed by atoms with van der Waals surface area (Å²) in [5.74, 6) is -1.03. The minimum Gasteiger partial charge on any atom is -0.497 e. The highest BCUT2D eigenvalue weighted by Crippen LogP contribution is 2.32. The largest absolute Gasteiger partial charge is 0.497 e. The van der Waals surface area contributed by atoms with Crippen molar-refractivity contribution in [1.29, 1.82) is 0 Å². The molecule has 0 saturated carbocycles. The predicted octanol–water partition coefficient (Wildman–Crippen LogP) is 3.68. The second kappa shape index (κ2) is 4.94. The van der Waals surface area contributed by atoms with Gasteiger partial charge in [0.05, 0.1) is 12.7 Å². The fourth-order valence-electron chi connectivity index (χ4n) is 2.37. The number of ether oxygens (including phenoxy) is 1. The van der Waals surface area contributed by atoms with Crippen LogP contribution in [0.3, 0.4) is 0 Å². The van der Waals surface area contributed by atoms with E-state index in [0.717, 1.165) is 5.39 Å². The predicted molar refractivity (Wildman–Crippen MR) is 77.2 cm³/mol. The molecule has 2 aromatic carbocycles. The van der Waals surface area contributed by atoms with Crippen LogP contribution in [0.5, 0.6) is 5.75 Å². The molecule has 1 aromatic heterocycles. The van der Waals surface area contributed by atoms with Crippen LogP contribution in [0.1, 0.15) is 10.4 Å². The molecule has 5 heteroatoms. The van der Waals surface area contributed by atoms with Crippen molar-refractivity contribution < 1.29 is 19.0 Å². The van der Waals surface area contributed by atoms with Gasteiger partial charge in [-0.25, -0.2) is 9.18 Å². The van der Waals surface area contributed by atoms with Gasteiger partial charge in [0, 0.05) is 17.1 Å². The number of H-pyrrole nitrogens is 1. The number of carboxylic acids is 1. The molecule has 2 N–H and O–H groups in total. The van der Waals surface area contributed by atoms with Crippen molar-refractivity contribution in [3.8, 4) is 16.9 Å². The molecule has 4 nitrogen and oxygen atoms in total. The molecule has 0 fully saturated rings. The highest BCUT2D eigenvalue weighted by Gasteiger charge is 2.12. The molecule has 3 rings (SSSR count). The van der Waals surface area contributed by atoms with E-state index in [-0.39, 0.29) is 11.4 Å². The van der Waals surface area contributed by atoms with Crippen LogP contribution in [0, 0.1) is 5.82 Å². The average molecular weight is 285 g/mol. The first-order valence-corrected chi connectivity index (χ1v) is 6.28. The van der Waals surface area contributed by atoms with Crippen molar-refractivity contribution >= 4 is 16.9 Å². The van der Waals surface area contributed by atoms with E-state index in [1.807, 2.05) is 6.07 Å². The van der Waals surface area contributed by atoms with Crippen LogP contribution in [-0.4, -0.2) is 23.2 Å². The summed E-state index contributed by atoms with van der Waals surface area (Å²) in [6.45, 7) is 0. The smallest absolute Gasteiger partial charge is 0.335 e. The molecular weight excluding hydrogens is 273 g/mol. The Labute approximate surface area is 119 Å². The SMILES string of the molecule is COc1cc(C(=O)O)cc(-c2cc(F)cc3[nH]ccc23)c1. The first-order chi connectivity index (χ1) is 10.1. The molecule has 0 bridgehead atoms. The Kier molecular flexibility index (Phi) is 3.10. The zero-order valence-electron chi connectivity index (χ0n) is 11.2. The van der Waals surface area contributed by atoms with Crippen molar-refractivity contribution in [1.82, 2.24) is 4.98 Å². The average Bonchev–Trinajstić information content (AvgIpc) is 2.93. The summed E-state index contributed by atoms with van der Waals surface area (Å²) in [6, 6.07) is 9.23. The van der Waals surface area contributed by atoms with Crippen LogP contribution in [0.2, 0.25) is 0 Å². The fraction of sp³-hybridized carbons (Fsp3) is 0.0625. The van der Waals surface area contributed by atoms with E-state index < -0.39 is 5.97 Å². The van der Waals surface area contributed by atoms with Crippen molar-refractivity contribution in [2.24, 2.45) is 0 Å². The first kappa shape index (κ1) is 13.2. The van der Waals surface area contributed by atoms with E-state index >= 15 is 0 Å². The lowest BCUT2D eigenvalue weighted by Crippen LogP contribution is -1.98. The van der Waals surface area contributed by atoms with E-state index in [9.17, 15) is 9.18 Å². The molecule has 0 aliphatic carbocycles. The zero-order valence-corrected chi connectivity index (χ0v) is 11.2. The van der Waals surface area contributed by atoms with Crippen molar-refractivity contribution in [2.75, 3.05) is 7.11 Å². The molecule has 0 spiro atoms. The van der Waals surface area contributed by atoms with Crippen molar-refractivity contribution in [3.05, 3.63) is 54.0 Å². The standard InChI is InChI=1S/C16H12FNO3/c1-21-12-5-9(4-10(6-12)16(19)20)14-7-11(17)8-15-13(14)2-3-18-15/h2-8,18H,1H3,(H,19,20). The molecule has 1 heterocycles. The van der Waals surface area contributed by atoms with Crippen LogP contribution >= 0.6 is 0 Å². The Morgan fingerprint density at radius 1 is 1.24 bits per heavy atom. The normalized spacial score (nSPS) is 10.8. The molecule has 0 aliphatic rings. The summed E-state index contributed by atoms with van der Waals surface area (Å²) in [6.07, 6.45) is 1.71. The van der Waals surface area contributed by atoms with Crippen LogP contribution in [-0.2, 0) is 0 Å². The molecule has 0 atom stereocenters. The molecule has 0 aliphatic heterocycles. The minimum atomic E-state index is -1.06. The monoisotopic (exact) mass is 285 g/mol. The van der Waals surface area contributed by atoms with Gasteiger partial charge in [0.25, 0.3) is 0 Å². The maximum absolute atomic E-state index is 13.7. The molecule has 21 heavy (non-hydrogen) atoms. The number of halogens is 1. The maximum Gasteiger partial charge on any atom is 0.335 e. The topological polar surface area (TPSA) is 62.3 Å². The number of hydrogen-bond acceptors (Lipinski definition) is 2. The molecule has 0 unspecified atom stereocenters. The lowest BCUT2D eigenvalue weighted by Gasteiger charge is -2.09.